The minimum Gasteiger partial charge on any atom is -0.380 e. The Bertz CT molecular complexity index is 341. The molecule has 0 atom stereocenters. The van der Waals surface area contributed by atoms with Crippen molar-refractivity contribution in [3.8, 4) is 0 Å². The summed E-state index contributed by atoms with van der Waals surface area (Å²) in [5.74, 6) is -1.02. The fraction of sp³-hybridized carbons (Fsp3) is 0.364. The van der Waals surface area contributed by atoms with Gasteiger partial charge in [-0.15, -0.1) is 0 Å². The standard InChI is InChI=1S/C11H13FO4/c1-14-6-8-3-9(7-15-2)5-10(4-8)11(13)16-12/h3-5H,6-7H2,1-2H3. The monoisotopic (exact) mass is 228 g/mol. The van der Waals surface area contributed by atoms with Gasteiger partial charge in [0.25, 0.3) is 0 Å². The average Bonchev–Trinajstić information content (AvgIpc) is 2.28. The average molecular weight is 228 g/mol. The molecule has 0 aliphatic rings. The topological polar surface area (TPSA) is 44.8 Å². The summed E-state index contributed by atoms with van der Waals surface area (Å²) in [6, 6.07) is 4.86. The van der Waals surface area contributed by atoms with Crippen molar-refractivity contribution in [1.29, 1.82) is 0 Å². The lowest BCUT2D eigenvalue weighted by Gasteiger charge is -2.06. The maximum atomic E-state index is 11.8. The van der Waals surface area contributed by atoms with Crippen molar-refractivity contribution >= 4 is 5.97 Å². The van der Waals surface area contributed by atoms with Gasteiger partial charge in [-0.3, -0.25) is 0 Å². The maximum Gasteiger partial charge on any atom is 0.379 e. The molecular formula is C11H13FO4. The molecule has 0 saturated carbocycles. The summed E-state index contributed by atoms with van der Waals surface area (Å²) in [5.41, 5.74) is 1.67. The third-order valence-electron chi connectivity index (χ3n) is 1.98. The van der Waals surface area contributed by atoms with E-state index in [2.05, 4.69) is 4.94 Å². The predicted octanol–water partition coefficient (Wildman–Crippen LogP) is 2.02. The first kappa shape index (κ1) is 12.6. The van der Waals surface area contributed by atoms with Gasteiger partial charge < -0.3 is 9.47 Å². The van der Waals surface area contributed by atoms with Crippen LogP contribution < -0.4 is 0 Å². The van der Waals surface area contributed by atoms with Crippen LogP contribution in [0.1, 0.15) is 21.5 Å². The molecule has 0 fully saturated rings. The van der Waals surface area contributed by atoms with E-state index in [9.17, 15) is 9.32 Å². The predicted molar refractivity (Wildman–Crippen MR) is 54.4 cm³/mol. The summed E-state index contributed by atoms with van der Waals surface area (Å²) in [7, 11) is 3.08. The number of carbonyl (C=O) groups excluding carboxylic acids is 1. The molecule has 1 aromatic carbocycles. The molecule has 5 heteroatoms. The second-order valence-electron chi connectivity index (χ2n) is 3.27. The first-order valence-electron chi connectivity index (χ1n) is 4.65. The summed E-state index contributed by atoms with van der Waals surface area (Å²) in [6.07, 6.45) is 0. The second kappa shape index (κ2) is 6.19. The Hall–Kier alpha value is -1.46. The van der Waals surface area contributed by atoms with Crippen LogP contribution in [0.2, 0.25) is 0 Å². The zero-order valence-corrected chi connectivity index (χ0v) is 9.16. The summed E-state index contributed by atoms with van der Waals surface area (Å²) >= 11 is 0. The van der Waals surface area contributed by atoms with Crippen LogP contribution in [0.4, 0.5) is 4.53 Å². The van der Waals surface area contributed by atoms with E-state index >= 15 is 0 Å². The van der Waals surface area contributed by atoms with Gasteiger partial charge in [0.05, 0.1) is 18.8 Å². The highest BCUT2D eigenvalue weighted by Gasteiger charge is 2.10. The molecule has 0 aromatic heterocycles. The van der Waals surface area contributed by atoms with E-state index in [1.54, 1.807) is 0 Å². The summed E-state index contributed by atoms with van der Waals surface area (Å²) in [4.78, 5) is 14.2. The van der Waals surface area contributed by atoms with E-state index in [4.69, 9.17) is 9.47 Å². The molecule has 0 heterocycles. The lowest BCUT2D eigenvalue weighted by Crippen LogP contribution is -2.03. The lowest BCUT2D eigenvalue weighted by molar-refractivity contribution is -0.0788. The molecule has 4 nitrogen and oxygen atoms in total. The van der Waals surface area contributed by atoms with E-state index in [-0.39, 0.29) is 5.56 Å². The van der Waals surface area contributed by atoms with E-state index < -0.39 is 5.97 Å². The SMILES string of the molecule is COCc1cc(COC)cc(C(=O)OF)c1. The van der Waals surface area contributed by atoms with E-state index in [0.29, 0.717) is 13.2 Å². The Balaban J connectivity index is 3.02. The van der Waals surface area contributed by atoms with Gasteiger partial charge in [0.2, 0.25) is 0 Å². The number of methoxy groups -OCH3 is 2. The van der Waals surface area contributed by atoms with Crippen LogP contribution in [0.15, 0.2) is 18.2 Å². The van der Waals surface area contributed by atoms with E-state index in [1.807, 2.05) is 6.07 Å². The van der Waals surface area contributed by atoms with Gasteiger partial charge in [0.15, 0.2) is 0 Å². The molecule has 0 aliphatic carbocycles. The molecule has 0 aliphatic heterocycles. The van der Waals surface area contributed by atoms with Crippen LogP contribution >= 0.6 is 0 Å². The van der Waals surface area contributed by atoms with Gasteiger partial charge >= 0.3 is 5.97 Å². The zero-order chi connectivity index (χ0) is 12.0. The van der Waals surface area contributed by atoms with Crippen molar-refractivity contribution in [1.82, 2.24) is 0 Å². The second-order valence-corrected chi connectivity index (χ2v) is 3.27. The zero-order valence-electron chi connectivity index (χ0n) is 9.16. The highest BCUT2D eigenvalue weighted by atomic mass is 19.3. The molecule has 0 bridgehead atoms. The first-order chi connectivity index (χ1) is 7.71. The van der Waals surface area contributed by atoms with Crippen molar-refractivity contribution in [2.75, 3.05) is 14.2 Å². The molecule has 1 rings (SSSR count). The maximum absolute atomic E-state index is 11.8. The van der Waals surface area contributed by atoms with Crippen LogP contribution in [0.3, 0.4) is 0 Å². The van der Waals surface area contributed by atoms with Gasteiger partial charge in [-0.2, -0.15) is 0 Å². The molecule has 0 unspecified atom stereocenters. The smallest absolute Gasteiger partial charge is 0.379 e. The quantitative estimate of drug-likeness (QED) is 0.773. The molecule has 16 heavy (non-hydrogen) atoms. The highest BCUT2D eigenvalue weighted by Crippen LogP contribution is 2.13. The number of hydrogen-bond donors (Lipinski definition) is 0. The normalized spacial score (nSPS) is 10.2. The summed E-state index contributed by atoms with van der Waals surface area (Å²) in [6.45, 7) is 0.675. The number of rotatable bonds is 5. The molecule has 88 valence electrons. The number of benzene rings is 1. The minimum absolute atomic E-state index is 0.143. The largest absolute Gasteiger partial charge is 0.380 e. The Labute approximate surface area is 92.8 Å². The number of halogens is 1. The fourth-order valence-corrected chi connectivity index (χ4v) is 1.42. The molecule has 0 spiro atoms. The van der Waals surface area contributed by atoms with Crippen molar-refractivity contribution in [3.05, 3.63) is 34.9 Å². The van der Waals surface area contributed by atoms with Crippen molar-refractivity contribution in [2.45, 2.75) is 13.2 Å². The molecular weight excluding hydrogens is 215 g/mol. The molecule has 0 saturated heterocycles. The van der Waals surface area contributed by atoms with E-state index in [1.165, 1.54) is 26.4 Å². The van der Waals surface area contributed by atoms with Gasteiger partial charge in [0, 0.05) is 18.7 Å². The third kappa shape index (κ3) is 3.29. The van der Waals surface area contributed by atoms with Gasteiger partial charge in [-0.1, -0.05) is 6.07 Å². The first-order valence-corrected chi connectivity index (χ1v) is 4.65. The fourth-order valence-electron chi connectivity index (χ4n) is 1.42. The Morgan fingerprint density at radius 3 is 2.00 bits per heavy atom. The van der Waals surface area contributed by atoms with Crippen LogP contribution in [-0.4, -0.2) is 20.2 Å². The lowest BCUT2D eigenvalue weighted by atomic mass is 10.1. The Kier molecular flexibility index (Phi) is 4.88. The van der Waals surface area contributed by atoms with Gasteiger partial charge in [-0.05, 0) is 23.3 Å². The molecule has 0 N–H and O–H groups in total. The number of ether oxygens (including phenoxy) is 2. The highest BCUT2D eigenvalue weighted by molar-refractivity contribution is 5.89. The molecule has 0 radical (unpaired) electrons. The summed E-state index contributed by atoms with van der Waals surface area (Å²) in [5, 5.41) is 0. The van der Waals surface area contributed by atoms with E-state index in [0.717, 1.165) is 11.1 Å². The molecule has 0 amide bonds. The Morgan fingerprint density at radius 1 is 1.12 bits per heavy atom. The third-order valence-corrected chi connectivity index (χ3v) is 1.98. The van der Waals surface area contributed by atoms with Crippen LogP contribution in [0.5, 0.6) is 0 Å². The van der Waals surface area contributed by atoms with Crippen LogP contribution in [0, 0.1) is 0 Å². The van der Waals surface area contributed by atoms with Gasteiger partial charge in [-0.25, -0.2) is 9.74 Å². The summed E-state index contributed by atoms with van der Waals surface area (Å²) < 4.78 is 21.7. The van der Waals surface area contributed by atoms with Crippen molar-refractivity contribution < 1.29 is 23.7 Å². The van der Waals surface area contributed by atoms with Crippen molar-refractivity contribution in [3.63, 3.8) is 0 Å². The number of hydrogen-bond acceptors (Lipinski definition) is 4. The van der Waals surface area contributed by atoms with Crippen molar-refractivity contribution in [2.24, 2.45) is 0 Å². The van der Waals surface area contributed by atoms with Crippen LogP contribution in [-0.2, 0) is 27.6 Å². The minimum atomic E-state index is -1.02. The number of carbonyl (C=O) groups is 1. The van der Waals surface area contributed by atoms with Gasteiger partial charge in [0.1, 0.15) is 0 Å². The van der Waals surface area contributed by atoms with Crippen LogP contribution in [0.25, 0.3) is 0 Å². The Morgan fingerprint density at radius 2 is 1.62 bits per heavy atom. The molecule has 1 aromatic rings.